The number of nitrogens with two attached hydrogens (primary N) is 1. The first kappa shape index (κ1) is 11.6. The Morgan fingerprint density at radius 2 is 1.94 bits per heavy atom. The zero-order chi connectivity index (χ0) is 11.5. The predicted octanol–water partition coefficient (Wildman–Crippen LogP) is 3.26. The number of hydrogen-bond donors (Lipinski definition) is 2. The van der Waals surface area contributed by atoms with E-state index in [2.05, 4.69) is 23.8 Å². The van der Waals surface area contributed by atoms with Gasteiger partial charge in [-0.25, -0.2) is 5.43 Å². The number of rotatable bonds is 3. The lowest BCUT2D eigenvalue weighted by molar-refractivity contribution is 0.636. The maximum absolute atomic E-state index is 5.87. The van der Waals surface area contributed by atoms with Crippen LogP contribution in [0.5, 0.6) is 0 Å². The van der Waals surface area contributed by atoms with Crippen molar-refractivity contribution in [2.45, 2.75) is 13.0 Å². The van der Waals surface area contributed by atoms with Gasteiger partial charge in [-0.3, -0.25) is 5.84 Å². The first-order valence-corrected chi connectivity index (χ1v) is 6.23. The minimum absolute atomic E-state index is 0.0310. The van der Waals surface area contributed by atoms with Gasteiger partial charge < -0.3 is 0 Å². The summed E-state index contributed by atoms with van der Waals surface area (Å²) in [5.74, 6) is 5.62. The Bertz CT molecular complexity index is 464. The molecule has 0 fully saturated rings. The Hall–Kier alpha value is -0.870. The molecule has 3 N–H and O–H groups in total. The van der Waals surface area contributed by atoms with Crippen molar-refractivity contribution in [2.24, 2.45) is 5.84 Å². The van der Waals surface area contributed by atoms with E-state index in [4.69, 9.17) is 17.4 Å². The van der Waals surface area contributed by atoms with Crippen molar-refractivity contribution in [1.29, 1.82) is 0 Å². The summed E-state index contributed by atoms with van der Waals surface area (Å²) in [6.07, 6.45) is 0. The molecule has 0 aliphatic carbocycles. The number of nitrogens with one attached hydrogen (secondary N) is 1. The quantitative estimate of drug-likeness (QED) is 0.650. The van der Waals surface area contributed by atoms with Gasteiger partial charge in [0.25, 0.3) is 0 Å². The van der Waals surface area contributed by atoms with Gasteiger partial charge in [-0.05, 0) is 41.6 Å². The molecule has 1 aromatic heterocycles. The van der Waals surface area contributed by atoms with Crippen molar-refractivity contribution in [2.75, 3.05) is 0 Å². The van der Waals surface area contributed by atoms with E-state index in [-0.39, 0.29) is 6.04 Å². The van der Waals surface area contributed by atoms with Gasteiger partial charge in [-0.15, -0.1) is 11.3 Å². The summed E-state index contributed by atoms with van der Waals surface area (Å²) in [6, 6.07) is 9.86. The van der Waals surface area contributed by atoms with Gasteiger partial charge >= 0.3 is 0 Å². The molecule has 1 aromatic carbocycles. The fourth-order valence-corrected chi connectivity index (χ4v) is 2.58. The summed E-state index contributed by atoms with van der Waals surface area (Å²) < 4.78 is 0. The third-order valence-electron chi connectivity index (χ3n) is 2.58. The fourth-order valence-electron chi connectivity index (χ4n) is 1.72. The first-order chi connectivity index (χ1) is 7.72. The Kier molecular flexibility index (Phi) is 3.61. The molecule has 0 bridgehead atoms. The third kappa shape index (κ3) is 2.28. The zero-order valence-electron chi connectivity index (χ0n) is 8.91. The van der Waals surface area contributed by atoms with Crippen LogP contribution in [-0.4, -0.2) is 0 Å². The Labute approximate surface area is 104 Å². The molecule has 2 rings (SSSR count). The van der Waals surface area contributed by atoms with E-state index < -0.39 is 0 Å². The highest BCUT2D eigenvalue weighted by Gasteiger charge is 2.14. The molecule has 0 aliphatic heterocycles. The number of benzene rings is 1. The molecule has 0 saturated heterocycles. The molecule has 1 atom stereocenters. The van der Waals surface area contributed by atoms with Crippen LogP contribution in [-0.2, 0) is 0 Å². The van der Waals surface area contributed by atoms with Crippen molar-refractivity contribution >= 4 is 22.9 Å². The molecule has 1 heterocycles. The molecule has 0 radical (unpaired) electrons. The van der Waals surface area contributed by atoms with Gasteiger partial charge in [0.1, 0.15) is 0 Å². The molecule has 16 heavy (non-hydrogen) atoms. The van der Waals surface area contributed by atoms with Gasteiger partial charge in [0.15, 0.2) is 0 Å². The molecule has 0 aliphatic rings. The van der Waals surface area contributed by atoms with Crippen LogP contribution < -0.4 is 11.3 Å². The summed E-state index contributed by atoms with van der Waals surface area (Å²) in [5.41, 5.74) is 5.18. The van der Waals surface area contributed by atoms with E-state index in [1.807, 2.05) is 24.3 Å². The average molecular weight is 253 g/mol. The van der Waals surface area contributed by atoms with Gasteiger partial charge in [0, 0.05) is 9.90 Å². The normalized spacial score (nSPS) is 12.7. The van der Waals surface area contributed by atoms with Crippen LogP contribution in [0.15, 0.2) is 35.7 Å². The number of halogens is 1. The van der Waals surface area contributed by atoms with Crippen LogP contribution in [0.2, 0.25) is 5.02 Å². The highest BCUT2D eigenvalue weighted by atomic mass is 35.5. The number of thiophene rings is 1. The van der Waals surface area contributed by atoms with Crippen LogP contribution in [0, 0.1) is 6.92 Å². The van der Waals surface area contributed by atoms with Crippen molar-refractivity contribution in [3.63, 3.8) is 0 Å². The highest BCUT2D eigenvalue weighted by molar-refractivity contribution is 7.10. The number of hydrogen-bond acceptors (Lipinski definition) is 3. The Balaban J connectivity index is 2.37. The van der Waals surface area contributed by atoms with Crippen molar-refractivity contribution < 1.29 is 0 Å². The molecule has 4 heteroatoms. The smallest absolute Gasteiger partial charge is 0.0720 e. The molecular weight excluding hydrogens is 240 g/mol. The molecule has 0 amide bonds. The van der Waals surface area contributed by atoms with E-state index >= 15 is 0 Å². The topological polar surface area (TPSA) is 38.0 Å². The second-order valence-electron chi connectivity index (χ2n) is 3.58. The minimum Gasteiger partial charge on any atom is -0.271 e. The van der Waals surface area contributed by atoms with E-state index in [0.29, 0.717) is 0 Å². The van der Waals surface area contributed by atoms with Crippen LogP contribution in [0.3, 0.4) is 0 Å². The second-order valence-corrected chi connectivity index (χ2v) is 5.14. The lowest BCUT2D eigenvalue weighted by Gasteiger charge is -2.16. The summed E-state index contributed by atoms with van der Waals surface area (Å²) in [4.78, 5) is 1.28. The number of aryl methyl sites for hydroxylation is 1. The summed E-state index contributed by atoms with van der Waals surface area (Å²) in [7, 11) is 0. The van der Waals surface area contributed by atoms with Gasteiger partial charge in [-0.2, -0.15) is 0 Å². The molecule has 2 nitrogen and oxygen atoms in total. The third-order valence-corrected chi connectivity index (χ3v) is 3.69. The van der Waals surface area contributed by atoms with Crippen LogP contribution in [0.4, 0.5) is 0 Å². The van der Waals surface area contributed by atoms with Crippen LogP contribution in [0.1, 0.15) is 22.0 Å². The van der Waals surface area contributed by atoms with Gasteiger partial charge in [0.05, 0.1) is 6.04 Å². The van der Waals surface area contributed by atoms with Crippen molar-refractivity contribution in [1.82, 2.24) is 5.43 Å². The Morgan fingerprint density at radius 1 is 1.25 bits per heavy atom. The van der Waals surface area contributed by atoms with Crippen LogP contribution in [0.25, 0.3) is 0 Å². The van der Waals surface area contributed by atoms with E-state index in [9.17, 15) is 0 Å². The highest BCUT2D eigenvalue weighted by Crippen LogP contribution is 2.28. The predicted molar refractivity (Wildman–Crippen MR) is 69.7 cm³/mol. The molecule has 1 unspecified atom stereocenters. The standard InChI is InChI=1S/C12H13ClN2S/c1-8-11(6-7-16-8)12(15-14)9-2-4-10(13)5-3-9/h2-7,12,15H,14H2,1H3. The summed E-state index contributed by atoms with van der Waals surface area (Å²) in [6.45, 7) is 2.10. The maximum atomic E-state index is 5.87. The second kappa shape index (κ2) is 4.97. The summed E-state index contributed by atoms with van der Waals surface area (Å²) >= 11 is 7.59. The molecule has 0 spiro atoms. The summed E-state index contributed by atoms with van der Waals surface area (Å²) in [5, 5.41) is 2.81. The minimum atomic E-state index is 0.0310. The SMILES string of the molecule is Cc1sccc1C(NN)c1ccc(Cl)cc1. The van der Waals surface area contributed by atoms with Gasteiger partial charge in [-0.1, -0.05) is 23.7 Å². The van der Waals surface area contributed by atoms with Crippen molar-refractivity contribution in [3.8, 4) is 0 Å². The monoisotopic (exact) mass is 252 g/mol. The average Bonchev–Trinajstić information content (AvgIpc) is 2.69. The van der Waals surface area contributed by atoms with E-state index in [1.54, 1.807) is 11.3 Å². The lowest BCUT2D eigenvalue weighted by atomic mass is 10.0. The number of hydrazine groups is 1. The van der Waals surface area contributed by atoms with Gasteiger partial charge in [0.2, 0.25) is 0 Å². The molecular formula is C12H13ClN2S. The van der Waals surface area contributed by atoms with Crippen LogP contribution >= 0.6 is 22.9 Å². The molecule has 84 valence electrons. The van der Waals surface area contributed by atoms with E-state index in [1.165, 1.54) is 10.4 Å². The maximum Gasteiger partial charge on any atom is 0.0720 e. The fraction of sp³-hybridized carbons (Fsp3) is 0.167. The molecule has 2 aromatic rings. The van der Waals surface area contributed by atoms with Crippen molar-refractivity contribution in [3.05, 3.63) is 56.7 Å². The largest absolute Gasteiger partial charge is 0.271 e. The van der Waals surface area contributed by atoms with E-state index in [0.717, 1.165) is 10.6 Å². The zero-order valence-corrected chi connectivity index (χ0v) is 10.5. The Morgan fingerprint density at radius 3 is 2.44 bits per heavy atom. The first-order valence-electron chi connectivity index (χ1n) is 4.98. The lowest BCUT2D eigenvalue weighted by Crippen LogP contribution is -2.28. The molecule has 0 saturated carbocycles.